The Morgan fingerprint density at radius 2 is 1.86 bits per heavy atom. The predicted octanol–water partition coefficient (Wildman–Crippen LogP) is 3.55. The van der Waals surface area contributed by atoms with Crippen LogP contribution in [-0.2, 0) is 11.2 Å². The second kappa shape index (κ2) is 8.65. The van der Waals surface area contributed by atoms with Gasteiger partial charge in [0.25, 0.3) is 0 Å². The molecule has 2 aromatic carbocycles. The third-order valence-electron chi connectivity index (χ3n) is 5.72. The van der Waals surface area contributed by atoms with Crippen LogP contribution in [0.5, 0.6) is 11.5 Å². The van der Waals surface area contributed by atoms with Crippen LogP contribution in [0.4, 0.5) is 0 Å². The molecule has 1 N–H and O–H groups in total. The lowest BCUT2D eigenvalue weighted by molar-refractivity contribution is -0.123. The first-order valence-electron chi connectivity index (χ1n) is 10.1. The highest BCUT2D eigenvalue weighted by atomic mass is 16.7. The van der Waals surface area contributed by atoms with E-state index in [4.69, 9.17) is 9.47 Å². The van der Waals surface area contributed by atoms with Crippen LogP contribution in [0.15, 0.2) is 48.5 Å². The smallest absolute Gasteiger partial charge is 0.234 e. The van der Waals surface area contributed by atoms with Gasteiger partial charge in [0.1, 0.15) is 0 Å². The van der Waals surface area contributed by atoms with Crippen LogP contribution in [0, 0.1) is 5.92 Å². The van der Waals surface area contributed by atoms with Gasteiger partial charge < -0.3 is 14.8 Å². The monoisotopic (exact) mass is 380 g/mol. The number of carbonyl (C=O) groups is 1. The normalized spacial score (nSPS) is 18.0. The fourth-order valence-electron chi connectivity index (χ4n) is 4.05. The van der Waals surface area contributed by atoms with Gasteiger partial charge in [0.15, 0.2) is 11.5 Å². The lowest BCUT2D eigenvalue weighted by Crippen LogP contribution is -2.42. The van der Waals surface area contributed by atoms with E-state index in [1.54, 1.807) is 0 Å². The Morgan fingerprint density at radius 3 is 2.64 bits per heavy atom. The second-order valence-electron chi connectivity index (χ2n) is 7.81. The molecule has 1 amide bonds. The van der Waals surface area contributed by atoms with Crippen LogP contribution in [0.25, 0.3) is 0 Å². The van der Waals surface area contributed by atoms with Gasteiger partial charge >= 0.3 is 0 Å². The molecule has 4 rings (SSSR count). The van der Waals surface area contributed by atoms with Gasteiger partial charge in [-0.3, -0.25) is 9.69 Å². The molecular weight excluding hydrogens is 352 g/mol. The topological polar surface area (TPSA) is 50.8 Å². The minimum Gasteiger partial charge on any atom is -0.454 e. The molecule has 1 fully saturated rings. The first-order valence-corrected chi connectivity index (χ1v) is 10.1. The summed E-state index contributed by atoms with van der Waals surface area (Å²) >= 11 is 0. The van der Waals surface area contributed by atoms with Gasteiger partial charge in [-0.2, -0.15) is 0 Å². The van der Waals surface area contributed by atoms with Gasteiger partial charge in [0.05, 0.1) is 12.6 Å². The summed E-state index contributed by atoms with van der Waals surface area (Å²) in [6.45, 7) is 4.71. The minimum atomic E-state index is -0.0578. The highest BCUT2D eigenvalue weighted by Gasteiger charge is 2.22. The molecule has 1 saturated heterocycles. The van der Waals surface area contributed by atoms with E-state index in [2.05, 4.69) is 40.5 Å². The van der Waals surface area contributed by atoms with E-state index in [0.29, 0.717) is 12.5 Å². The molecule has 5 nitrogen and oxygen atoms in total. The van der Waals surface area contributed by atoms with E-state index in [1.807, 2.05) is 25.1 Å². The number of benzene rings is 2. The van der Waals surface area contributed by atoms with Gasteiger partial charge in [0.2, 0.25) is 12.7 Å². The molecule has 2 aliphatic rings. The Morgan fingerprint density at radius 1 is 1.11 bits per heavy atom. The summed E-state index contributed by atoms with van der Waals surface area (Å²) in [4.78, 5) is 14.8. The Labute approximate surface area is 166 Å². The van der Waals surface area contributed by atoms with Crippen molar-refractivity contribution < 1.29 is 14.3 Å². The number of fused-ring (bicyclic) bond motifs is 1. The number of nitrogens with zero attached hydrogens (tertiary/aromatic N) is 1. The van der Waals surface area contributed by atoms with Crippen LogP contribution in [0.2, 0.25) is 0 Å². The Bertz CT molecular complexity index is 801. The number of hydrogen-bond donors (Lipinski definition) is 1. The summed E-state index contributed by atoms with van der Waals surface area (Å²) in [6.07, 6.45) is 3.45. The summed E-state index contributed by atoms with van der Waals surface area (Å²) < 4.78 is 10.8. The number of carbonyl (C=O) groups excluding carboxylic acids is 1. The van der Waals surface area contributed by atoms with Gasteiger partial charge in [0, 0.05) is 0 Å². The molecule has 0 bridgehead atoms. The van der Waals surface area contributed by atoms with Gasteiger partial charge in [-0.15, -0.1) is 0 Å². The van der Waals surface area contributed by atoms with Crippen LogP contribution in [0.1, 0.15) is 36.9 Å². The molecule has 0 radical (unpaired) electrons. The zero-order valence-electron chi connectivity index (χ0n) is 16.4. The van der Waals surface area contributed by atoms with E-state index in [-0.39, 0.29) is 18.7 Å². The first kappa shape index (κ1) is 18.8. The van der Waals surface area contributed by atoms with Crippen molar-refractivity contribution >= 4 is 5.91 Å². The van der Waals surface area contributed by atoms with Gasteiger partial charge in [-0.05, 0) is 68.5 Å². The molecule has 0 aliphatic carbocycles. The molecular formula is C23H28N2O3. The average Bonchev–Trinajstić information content (AvgIpc) is 3.18. The number of nitrogens with one attached hydrogen (secondary N) is 1. The Kier molecular flexibility index (Phi) is 5.81. The van der Waals surface area contributed by atoms with E-state index in [1.165, 1.54) is 5.56 Å². The molecule has 2 aromatic rings. The largest absolute Gasteiger partial charge is 0.454 e. The molecule has 0 unspecified atom stereocenters. The van der Waals surface area contributed by atoms with Crippen molar-refractivity contribution in [3.8, 4) is 11.5 Å². The predicted molar refractivity (Wildman–Crippen MR) is 108 cm³/mol. The second-order valence-corrected chi connectivity index (χ2v) is 7.81. The Balaban J connectivity index is 1.22. The maximum absolute atomic E-state index is 12.5. The summed E-state index contributed by atoms with van der Waals surface area (Å²) in [5.74, 6) is 2.31. The SMILES string of the molecule is C[C@@H](NC(=O)CN1CCC(Cc2ccccc2)CC1)c1ccc2c(c1)OCO2. The summed E-state index contributed by atoms with van der Waals surface area (Å²) in [6, 6.07) is 16.5. The van der Waals surface area contributed by atoms with Crippen LogP contribution < -0.4 is 14.8 Å². The maximum atomic E-state index is 12.5. The van der Waals surface area contributed by atoms with Crippen molar-refractivity contribution in [1.82, 2.24) is 10.2 Å². The molecule has 1 atom stereocenters. The molecule has 0 saturated carbocycles. The number of hydrogen-bond acceptors (Lipinski definition) is 4. The van der Waals surface area contributed by atoms with Crippen molar-refractivity contribution in [2.45, 2.75) is 32.2 Å². The van der Waals surface area contributed by atoms with E-state index in [9.17, 15) is 4.79 Å². The molecule has 0 aromatic heterocycles. The van der Waals surface area contributed by atoms with Crippen LogP contribution in [-0.4, -0.2) is 37.2 Å². The maximum Gasteiger partial charge on any atom is 0.234 e. The molecule has 2 heterocycles. The van der Waals surface area contributed by atoms with Crippen molar-refractivity contribution in [3.05, 3.63) is 59.7 Å². The Hall–Kier alpha value is -2.53. The number of rotatable bonds is 6. The summed E-state index contributed by atoms with van der Waals surface area (Å²) in [5, 5.41) is 3.11. The molecule has 0 spiro atoms. The van der Waals surface area contributed by atoms with E-state index < -0.39 is 0 Å². The third-order valence-corrected chi connectivity index (χ3v) is 5.72. The molecule has 2 aliphatic heterocycles. The van der Waals surface area contributed by atoms with Gasteiger partial charge in [-0.1, -0.05) is 36.4 Å². The van der Waals surface area contributed by atoms with Crippen molar-refractivity contribution in [2.24, 2.45) is 5.92 Å². The molecule has 5 heteroatoms. The number of likely N-dealkylation sites (tertiary alicyclic amines) is 1. The lowest BCUT2D eigenvalue weighted by atomic mass is 9.90. The standard InChI is InChI=1S/C23H28N2O3/c1-17(20-7-8-21-22(14-20)28-16-27-21)24-23(26)15-25-11-9-19(10-12-25)13-18-5-3-2-4-6-18/h2-8,14,17,19H,9-13,15-16H2,1H3,(H,24,26)/t17-/m1/s1. The van der Waals surface area contributed by atoms with Crippen molar-refractivity contribution in [1.29, 1.82) is 0 Å². The number of piperidine rings is 1. The highest BCUT2D eigenvalue weighted by molar-refractivity contribution is 5.78. The number of amides is 1. The minimum absolute atomic E-state index is 0.0578. The van der Waals surface area contributed by atoms with Gasteiger partial charge in [-0.25, -0.2) is 0 Å². The molecule has 28 heavy (non-hydrogen) atoms. The zero-order valence-corrected chi connectivity index (χ0v) is 16.4. The average molecular weight is 380 g/mol. The lowest BCUT2D eigenvalue weighted by Gasteiger charge is -2.31. The summed E-state index contributed by atoms with van der Waals surface area (Å²) in [7, 11) is 0. The molecule has 148 valence electrons. The van der Waals surface area contributed by atoms with E-state index >= 15 is 0 Å². The zero-order chi connectivity index (χ0) is 19.3. The fourth-order valence-corrected chi connectivity index (χ4v) is 4.05. The first-order chi connectivity index (χ1) is 13.7. The number of ether oxygens (including phenoxy) is 2. The highest BCUT2D eigenvalue weighted by Crippen LogP contribution is 2.34. The van der Waals surface area contributed by atoms with E-state index in [0.717, 1.165) is 49.4 Å². The van der Waals surface area contributed by atoms with Crippen molar-refractivity contribution in [2.75, 3.05) is 26.4 Å². The fraction of sp³-hybridized carbons (Fsp3) is 0.435. The van der Waals surface area contributed by atoms with Crippen molar-refractivity contribution in [3.63, 3.8) is 0 Å². The quantitative estimate of drug-likeness (QED) is 0.833. The van der Waals surface area contributed by atoms with Crippen LogP contribution in [0.3, 0.4) is 0 Å². The third kappa shape index (κ3) is 4.65. The van der Waals surface area contributed by atoms with Crippen LogP contribution >= 0.6 is 0 Å². The summed E-state index contributed by atoms with van der Waals surface area (Å²) in [5.41, 5.74) is 2.44.